The average Bonchev–Trinajstić information content (AvgIpc) is 3.64. The molecule has 0 aliphatic carbocycles. The van der Waals surface area contributed by atoms with Crippen LogP contribution in [0.25, 0.3) is 0 Å². The molecule has 0 radical (unpaired) electrons. The molecule has 2 aromatic heterocycles. The summed E-state index contributed by atoms with van der Waals surface area (Å²) in [6.07, 6.45) is 24.9. The summed E-state index contributed by atoms with van der Waals surface area (Å²) in [7, 11) is 0. The van der Waals surface area contributed by atoms with Crippen LogP contribution >= 0.6 is 24.4 Å². The van der Waals surface area contributed by atoms with Gasteiger partial charge < -0.3 is 18.6 Å². The first-order valence-corrected chi connectivity index (χ1v) is 15.6. The molecule has 40 heavy (non-hydrogen) atoms. The Morgan fingerprint density at radius 2 is 0.975 bits per heavy atom. The zero-order valence-corrected chi connectivity index (χ0v) is 26.0. The number of nitrogens with zero attached hydrogens (tertiary/aromatic N) is 4. The second-order valence-electron chi connectivity index (χ2n) is 10.5. The molecule has 1 aromatic carbocycles. The number of benzene rings is 1. The minimum absolute atomic E-state index is 0.629. The fraction of sp³-hybridized carbons (Fsp3) is 0.562. The van der Waals surface area contributed by atoms with Gasteiger partial charge >= 0.3 is 0 Å². The lowest BCUT2D eigenvalue weighted by atomic mass is 9.88. The predicted molar refractivity (Wildman–Crippen MR) is 171 cm³/mol. The summed E-state index contributed by atoms with van der Waals surface area (Å²) in [5.74, 6) is 0. The molecule has 3 aromatic rings. The molecule has 0 amide bonds. The Balaban J connectivity index is 1.68. The van der Waals surface area contributed by atoms with Gasteiger partial charge in [-0.25, -0.2) is 9.97 Å². The van der Waals surface area contributed by atoms with Crippen LogP contribution in [0.2, 0.25) is 0 Å². The normalized spacial score (nSPS) is 11.1. The lowest BCUT2D eigenvalue weighted by molar-refractivity contribution is 0.299. The molecular weight excluding hydrogens is 537 g/mol. The summed E-state index contributed by atoms with van der Waals surface area (Å²) >= 11 is 10.1. The fourth-order valence-corrected chi connectivity index (χ4v) is 5.21. The minimum Gasteiger partial charge on any atom is -0.487 e. The van der Waals surface area contributed by atoms with E-state index in [0.29, 0.717) is 23.3 Å². The summed E-state index contributed by atoms with van der Waals surface area (Å²) < 4.78 is 15.4. The molecule has 0 aliphatic rings. The van der Waals surface area contributed by atoms with Gasteiger partial charge in [0, 0.05) is 51.7 Å². The van der Waals surface area contributed by atoms with Crippen molar-refractivity contribution in [2.45, 2.75) is 104 Å². The van der Waals surface area contributed by atoms with E-state index >= 15 is 0 Å². The van der Waals surface area contributed by atoms with Gasteiger partial charge in [-0.1, -0.05) is 12.1 Å². The Morgan fingerprint density at radius 3 is 1.30 bits per heavy atom. The molecule has 0 N–H and O–H groups in total. The maximum Gasteiger partial charge on any atom is 0.156 e. The molecule has 0 spiro atoms. The largest absolute Gasteiger partial charge is 0.487 e. The number of rotatable bonds is 20. The molecular formula is C32H46N4O2S2. The highest BCUT2D eigenvalue weighted by atomic mass is 32.1. The van der Waals surface area contributed by atoms with Crippen molar-refractivity contribution in [2.24, 2.45) is 0 Å². The molecule has 6 nitrogen and oxygen atoms in total. The number of unbranched alkanes of at least 4 members (excludes halogenated alkanes) is 4. The third-order valence-corrected chi connectivity index (χ3v) is 7.39. The van der Waals surface area contributed by atoms with Crippen LogP contribution in [0.15, 0.2) is 49.6 Å². The Hall–Kier alpha value is -2.58. The van der Waals surface area contributed by atoms with E-state index in [2.05, 4.69) is 31.2 Å². The maximum atomic E-state index is 5.54. The minimum atomic E-state index is 0.629. The molecule has 0 fully saturated rings. The van der Waals surface area contributed by atoms with E-state index in [1.807, 2.05) is 51.3 Å². The van der Waals surface area contributed by atoms with Crippen LogP contribution in [0.1, 0.15) is 87.5 Å². The number of hydrogen-bond donors (Lipinski definition) is 0. The molecule has 2 heterocycles. The van der Waals surface area contributed by atoms with E-state index in [1.54, 1.807) is 0 Å². The van der Waals surface area contributed by atoms with E-state index in [9.17, 15) is 0 Å². The van der Waals surface area contributed by atoms with Crippen molar-refractivity contribution in [3.63, 3.8) is 0 Å². The lowest BCUT2D eigenvalue weighted by Gasteiger charge is -2.18. The smallest absolute Gasteiger partial charge is 0.156 e. The highest BCUT2D eigenvalue weighted by molar-refractivity contribution is 7.80. The third kappa shape index (κ3) is 12.7. The zero-order chi connectivity index (χ0) is 28.4. The molecule has 0 unspecified atom stereocenters. The first-order valence-electron chi connectivity index (χ1n) is 14.8. The Morgan fingerprint density at radius 1 is 0.600 bits per heavy atom. The van der Waals surface area contributed by atoms with Crippen LogP contribution in [-0.2, 0) is 48.2 Å². The van der Waals surface area contributed by atoms with Crippen LogP contribution in [-0.4, -0.2) is 42.4 Å². The zero-order valence-electron chi connectivity index (χ0n) is 24.4. The number of imidazole rings is 2. The third-order valence-electron chi connectivity index (χ3n) is 7.16. The van der Waals surface area contributed by atoms with Crippen molar-refractivity contribution in [1.29, 1.82) is 0 Å². The molecule has 8 heteroatoms. The molecule has 0 atom stereocenters. The van der Waals surface area contributed by atoms with Gasteiger partial charge in [0.15, 0.2) is 10.1 Å². The molecule has 0 bridgehead atoms. The van der Waals surface area contributed by atoms with E-state index in [0.717, 1.165) is 77.3 Å². The summed E-state index contributed by atoms with van der Waals surface area (Å²) in [4.78, 5) is 8.36. The van der Waals surface area contributed by atoms with Crippen molar-refractivity contribution in [2.75, 3.05) is 13.2 Å². The first kappa shape index (κ1) is 31.9. The van der Waals surface area contributed by atoms with Gasteiger partial charge in [-0.15, -0.1) is 0 Å². The van der Waals surface area contributed by atoms with Crippen LogP contribution in [0, 0.1) is 0 Å². The second-order valence-corrected chi connectivity index (χ2v) is 11.6. The van der Waals surface area contributed by atoms with Crippen molar-refractivity contribution in [3.05, 3.63) is 71.8 Å². The second kappa shape index (κ2) is 18.7. The highest BCUT2D eigenvalue weighted by Gasteiger charge is 2.11. The quantitative estimate of drug-likeness (QED) is 0.102. The monoisotopic (exact) mass is 582 g/mol. The number of thiocarbonyl (C=S) groups is 2. The average molecular weight is 583 g/mol. The molecule has 0 saturated heterocycles. The fourth-order valence-electron chi connectivity index (χ4n) is 5.05. The van der Waals surface area contributed by atoms with Crippen molar-refractivity contribution in [1.82, 2.24) is 19.1 Å². The lowest BCUT2D eigenvalue weighted by Crippen LogP contribution is -2.06. The SMILES string of the molecule is CC(=S)OCCCCc1cc(CCCCn2ccnc2)c(CCCCn2ccnc2)cc1CCCCOC(C)=S. The highest BCUT2D eigenvalue weighted by Crippen LogP contribution is 2.25. The maximum absolute atomic E-state index is 5.54. The topological polar surface area (TPSA) is 54.1 Å². The van der Waals surface area contributed by atoms with Crippen LogP contribution < -0.4 is 0 Å². The summed E-state index contributed by atoms with van der Waals surface area (Å²) in [6, 6.07) is 5.06. The van der Waals surface area contributed by atoms with E-state index in [4.69, 9.17) is 33.9 Å². The van der Waals surface area contributed by atoms with E-state index in [1.165, 1.54) is 35.1 Å². The van der Waals surface area contributed by atoms with Gasteiger partial charge in [0.25, 0.3) is 0 Å². The van der Waals surface area contributed by atoms with Gasteiger partial charge in [-0.3, -0.25) is 0 Å². The molecule has 0 aliphatic heterocycles. The number of aryl methyl sites for hydroxylation is 6. The number of ether oxygens (including phenoxy) is 2. The van der Waals surface area contributed by atoms with Crippen molar-refractivity contribution >= 4 is 34.5 Å². The summed E-state index contributed by atoms with van der Waals surface area (Å²) in [6.45, 7) is 7.14. The molecule has 218 valence electrons. The summed E-state index contributed by atoms with van der Waals surface area (Å²) in [5.41, 5.74) is 6.05. The van der Waals surface area contributed by atoms with Gasteiger partial charge in [-0.2, -0.15) is 0 Å². The predicted octanol–water partition coefficient (Wildman–Crippen LogP) is 7.50. The van der Waals surface area contributed by atoms with Gasteiger partial charge in [0.1, 0.15) is 0 Å². The Labute approximate surface area is 251 Å². The Kier molecular flexibility index (Phi) is 14.9. The molecule has 0 saturated carbocycles. The first-order chi connectivity index (χ1) is 19.5. The summed E-state index contributed by atoms with van der Waals surface area (Å²) in [5, 5.41) is 1.26. The van der Waals surface area contributed by atoms with E-state index in [-0.39, 0.29) is 0 Å². The van der Waals surface area contributed by atoms with Crippen molar-refractivity contribution < 1.29 is 9.47 Å². The van der Waals surface area contributed by atoms with Gasteiger partial charge in [0.05, 0.1) is 25.9 Å². The van der Waals surface area contributed by atoms with Gasteiger partial charge in [0.2, 0.25) is 0 Å². The Bertz CT molecular complexity index is 1040. The van der Waals surface area contributed by atoms with Crippen LogP contribution in [0.3, 0.4) is 0 Å². The van der Waals surface area contributed by atoms with Crippen LogP contribution in [0.5, 0.6) is 0 Å². The number of hydrogen-bond acceptors (Lipinski definition) is 6. The number of aromatic nitrogens is 4. The van der Waals surface area contributed by atoms with Crippen LogP contribution in [0.4, 0.5) is 0 Å². The standard InChI is InChI=1S/C32H46N4O2S2/c1-27(39)37-21-9-5-13-31-23-29(11-3-7-17-35-19-15-33-25-35)30(12-4-8-18-36-20-16-34-26-36)24-32(31)14-6-10-22-38-28(2)40/h15-16,19-20,23-26H,3-14,17-18,21-22H2,1-2H3. The van der Waals surface area contributed by atoms with Gasteiger partial charge in [-0.05, 0) is 124 Å². The molecule has 3 rings (SSSR count). The van der Waals surface area contributed by atoms with E-state index < -0.39 is 0 Å². The van der Waals surface area contributed by atoms with Crippen molar-refractivity contribution in [3.8, 4) is 0 Å².